The van der Waals surface area contributed by atoms with E-state index in [-0.39, 0.29) is 17.7 Å². The van der Waals surface area contributed by atoms with Crippen molar-refractivity contribution in [1.29, 1.82) is 0 Å². The maximum atomic E-state index is 12.0. The number of aliphatic carboxylic acids is 1. The van der Waals surface area contributed by atoms with Gasteiger partial charge in [-0.2, -0.15) is 0 Å². The van der Waals surface area contributed by atoms with Gasteiger partial charge in [0.05, 0.1) is 11.7 Å². The van der Waals surface area contributed by atoms with E-state index in [1.165, 1.54) is 11.8 Å². The molecule has 1 heterocycles. The van der Waals surface area contributed by atoms with Gasteiger partial charge < -0.3 is 15.0 Å². The van der Waals surface area contributed by atoms with Gasteiger partial charge >= 0.3 is 5.97 Å². The zero-order valence-corrected chi connectivity index (χ0v) is 12.4. The van der Waals surface area contributed by atoms with Gasteiger partial charge in [-0.15, -0.1) is 10.2 Å². The summed E-state index contributed by atoms with van der Waals surface area (Å²) in [5, 5.41) is 20.6. The molecule has 2 aliphatic carbocycles. The van der Waals surface area contributed by atoms with E-state index in [0.717, 1.165) is 30.8 Å². The van der Waals surface area contributed by atoms with Crippen LogP contribution < -0.4 is 5.32 Å². The molecule has 1 aromatic heterocycles. The van der Waals surface area contributed by atoms with E-state index >= 15 is 0 Å². The molecule has 8 heteroatoms. The van der Waals surface area contributed by atoms with E-state index in [2.05, 4.69) is 15.5 Å². The van der Waals surface area contributed by atoms with E-state index in [9.17, 15) is 9.59 Å². The number of aromatic nitrogens is 3. The highest BCUT2D eigenvalue weighted by Gasteiger charge is 2.34. The Hall–Kier alpha value is -1.57. The molecule has 0 radical (unpaired) electrons. The third kappa shape index (κ3) is 3.37. The molecule has 2 saturated carbocycles. The molecule has 114 valence electrons. The Morgan fingerprint density at radius 3 is 2.90 bits per heavy atom. The lowest BCUT2D eigenvalue weighted by molar-refractivity contribution is -0.142. The van der Waals surface area contributed by atoms with Crippen LogP contribution in [0.5, 0.6) is 0 Å². The van der Waals surface area contributed by atoms with Crippen molar-refractivity contribution in [2.24, 2.45) is 5.92 Å². The first-order valence-corrected chi connectivity index (χ1v) is 8.18. The number of hydrogen-bond acceptors (Lipinski definition) is 5. The van der Waals surface area contributed by atoms with Gasteiger partial charge in [-0.3, -0.25) is 9.59 Å². The molecule has 2 aliphatic rings. The van der Waals surface area contributed by atoms with E-state index < -0.39 is 11.9 Å². The van der Waals surface area contributed by atoms with Crippen LogP contribution in [0.1, 0.15) is 38.1 Å². The summed E-state index contributed by atoms with van der Waals surface area (Å²) in [6.45, 7) is 0. The summed E-state index contributed by atoms with van der Waals surface area (Å²) < 4.78 is 2.01. The Kier molecular flexibility index (Phi) is 4.14. The normalized spacial score (nSPS) is 25.0. The zero-order chi connectivity index (χ0) is 14.8. The van der Waals surface area contributed by atoms with Gasteiger partial charge in [0.1, 0.15) is 6.33 Å². The Balaban J connectivity index is 1.50. The number of carboxylic acid groups (broad SMARTS) is 1. The highest BCUT2D eigenvalue weighted by atomic mass is 32.2. The van der Waals surface area contributed by atoms with Crippen LogP contribution >= 0.6 is 11.8 Å². The standard InChI is InChI=1S/C13H18N4O3S/c18-11(15-10-3-1-2-9(10)12(19)20)6-21-13-16-14-7-17(13)8-4-5-8/h7-10H,1-6H2,(H,15,18)(H,19,20). The lowest BCUT2D eigenvalue weighted by Gasteiger charge is -2.17. The third-order valence-corrected chi connectivity index (χ3v) is 4.95. The van der Waals surface area contributed by atoms with E-state index in [1.54, 1.807) is 6.33 Å². The quantitative estimate of drug-likeness (QED) is 0.763. The fourth-order valence-corrected chi connectivity index (χ4v) is 3.54. The monoisotopic (exact) mass is 310 g/mol. The van der Waals surface area contributed by atoms with Gasteiger partial charge in [0.25, 0.3) is 0 Å². The van der Waals surface area contributed by atoms with Crippen LogP contribution in [0, 0.1) is 5.92 Å². The lowest BCUT2D eigenvalue weighted by Crippen LogP contribution is -2.41. The number of hydrogen-bond donors (Lipinski definition) is 2. The van der Waals surface area contributed by atoms with Crippen molar-refractivity contribution in [1.82, 2.24) is 20.1 Å². The van der Waals surface area contributed by atoms with E-state index in [1.807, 2.05) is 4.57 Å². The van der Waals surface area contributed by atoms with Crippen molar-refractivity contribution in [2.45, 2.75) is 49.3 Å². The van der Waals surface area contributed by atoms with Crippen molar-refractivity contribution < 1.29 is 14.7 Å². The average Bonchev–Trinajstić information content (AvgIpc) is 3.00. The Morgan fingerprint density at radius 2 is 2.19 bits per heavy atom. The smallest absolute Gasteiger partial charge is 0.308 e. The molecule has 3 rings (SSSR count). The summed E-state index contributed by atoms with van der Waals surface area (Å²) >= 11 is 1.35. The second kappa shape index (κ2) is 6.05. The molecule has 0 aliphatic heterocycles. The van der Waals surface area contributed by atoms with Crippen LogP contribution in [0.4, 0.5) is 0 Å². The number of nitrogens with zero attached hydrogens (tertiary/aromatic N) is 3. The average molecular weight is 310 g/mol. The van der Waals surface area contributed by atoms with Gasteiger partial charge in [-0.05, 0) is 25.7 Å². The maximum Gasteiger partial charge on any atom is 0.308 e. The fourth-order valence-electron chi connectivity index (χ4n) is 2.75. The molecular weight excluding hydrogens is 292 g/mol. The van der Waals surface area contributed by atoms with Gasteiger partial charge in [0, 0.05) is 12.1 Å². The number of carboxylic acids is 1. The minimum Gasteiger partial charge on any atom is -0.481 e. The summed E-state index contributed by atoms with van der Waals surface area (Å²) in [5.41, 5.74) is 0. The molecule has 0 bridgehead atoms. The maximum absolute atomic E-state index is 12.0. The molecule has 2 unspecified atom stereocenters. The van der Waals surface area contributed by atoms with Crippen LogP contribution in [0.25, 0.3) is 0 Å². The molecule has 7 nitrogen and oxygen atoms in total. The number of carbonyl (C=O) groups excluding carboxylic acids is 1. The first-order chi connectivity index (χ1) is 10.1. The van der Waals surface area contributed by atoms with Gasteiger partial charge in [0.15, 0.2) is 5.16 Å². The number of nitrogens with one attached hydrogen (secondary N) is 1. The van der Waals surface area contributed by atoms with E-state index in [4.69, 9.17) is 5.11 Å². The first-order valence-electron chi connectivity index (χ1n) is 7.19. The predicted octanol–water partition coefficient (Wildman–Crippen LogP) is 1.07. The lowest BCUT2D eigenvalue weighted by atomic mass is 10.0. The molecule has 21 heavy (non-hydrogen) atoms. The van der Waals surface area contributed by atoms with Crippen molar-refractivity contribution in [3.05, 3.63) is 6.33 Å². The van der Waals surface area contributed by atoms with Crippen molar-refractivity contribution in [3.63, 3.8) is 0 Å². The van der Waals surface area contributed by atoms with Crippen LogP contribution in [-0.4, -0.2) is 43.5 Å². The van der Waals surface area contributed by atoms with E-state index in [0.29, 0.717) is 12.5 Å². The SMILES string of the molecule is O=C(CSc1nncn1C1CC1)NC1CCCC1C(=O)O. The second-order valence-electron chi connectivity index (χ2n) is 5.59. The van der Waals surface area contributed by atoms with Crippen LogP contribution in [0.3, 0.4) is 0 Å². The largest absolute Gasteiger partial charge is 0.481 e. The van der Waals surface area contributed by atoms with Gasteiger partial charge in [-0.1, -0.05) is 18.2 Å². The minimum absolute atomic E-state index is 0.136. The molecule has 2 atom stereocenters. The Morgan fingerprint density at radius 1 is 1.38 bits per heavy atom. The van der Waals surface area contributed by atoms with Crippen molar-refractivity contribution in [2.75, 3.05) is 5.75 Å². The molecule has 0 saturated heterocycles. The molecule has 1 aromatic rings. The summed E-state index contributed by atoms with van der Waals surface area (Å²) in [4.78, 5) is 23.1. The molecular formula is C13H18N4O3S. The second-order valence-corrected chi connectivity index (χ2v) is 6.53. The number of thioether (sulfide) groups is 1. The number of rotatable bonds is 6. The van der Waals surface area contributed by atoms with Crippen molar-refractivity contribution in [3.8, 4) is 0 Å². The topological polar surface area (TPSA) is 97.1 Å². The third-order valence-electron chi connectivity index (χ3n) is 3.99. The highest BCUT2D eigenvalue weighted by molar-refractivity contribution is 7.99. The molecule has 1 amide bonds. The summed E-state index contributed by atoms with van der Waals surface area (Å²) in [5.74, 6) is -1.16. The molecule has 0 aromatic carbocycles. The first kappa shape index (κ1) is 14.4. The zero-order valence-electron chi connectivity index (χ0n) is 11.6. The van der Waals surface area contributed by atoms with Crippen LogP contribution in [-0.2, 0) is 9.59 Å². The fraction of sp³-hybridized carbons (Fsp3) is 0.692. The summed E-state index contributed by atoms with van der Waals surface area (Å²) in [6, 6.07) is 0.244. The Bertz CT molecular complexity index is 543. The Labute approximate surface area is 126 Å². The highest BCUT2D eigenvalue weighted by Crippen LogP contribution is 2.37. The predicted molar refractivity (Wildman–Crippen MR) is 75.9 cm³/mol. The number of amides is 1. The van der Waals surface area contributed by atoms with Gasteiger partial charge in [-0.25, -0.2) is 0 Å². The van der Waals surface area contributed by atoms with Gasteiger partial charge in [0.2, 0.25) is 5.91 Å². The minimum atomic E-state index is -0.820. The van der Waals surface area contributed by atoms with Crippen LogP contribution in [0.15, 0.2) is 11.5 Å². The molecule has 0 spiro atoms. The van der Waals surface area contributed by atoms with Crippen LogP contribution in [0.2, 0.25) is 0 Å². The molecule has 2 N–H and O–H groups in total. The summed E-state index contributed by atoms with van der Waals surface area (Å²) in [6.07, 6.45) is 6.22. The molecule has 2 fully saturated rings. The summed E-state index contributed by atoms with van der Waals surface area (Å²) in [7, 11) is 0. The van der Waals surface area contributed by atoms with Crippen molar-refractivity contribution >= 4 is 23.6 Å². The number of carbonyl (C=O) groups is 2.